The summed E-state index contributed by atoms with van der Waals surface area (Å²) in [6.07, 6.45) is 0. The molecule has 4 rings (SSSR count). The normalized spacial score (nSPS) is 14.6. The van der Waals surface area contributed by atoms with Crippen molar-refractivity contribution >= 4 is 34.5 Å². The minimum absolute atomic E-state index is 0.128. The third-order valence-electron chi connectivity index (χ3n) is 4.61. The Labute approximate surface area is 156 Å². The van der Waals surface area contributed by atoms with Gasteiger partial charge in [-0.2, -0.15) is 4.98 Å². The molecule has 1 aliphatic heterocycles. The fourth-order valence-corrected chi connectivity index (χ4v) is 3.20. The van der Waals surface area contributed by atoms with Crippen LogP contribution < -0.4 is 16.0 Å². The van der Waals surface area contributed by atoms with Crippen molar-refractivity contribution in [3.05, 3.63) is 30.0 Å². The van der Waals surface area contributed by atoms with Crippen LogP contribution in [0, 0.1) is 6.92 Å². The van der Waals surface area contributed by atoms with E-state index >= 15 is 0 Å². The van der Waals surface area contributed by atoms with E-state index < -0.39 is 0 Å². The predicted octanol–water partition coefficient (Wildman–Crippen LogP) is 1.00. The number of rotatable bonds is 2. The number of piperazine rings is 1. The zero-order valence-electron chi connectivity index (χ0n) is 15.3. The fraction of sp³-hybridized carbons (Fsp3) is 0.353. The number of carbonyl (C=O) groups excluding carboxylic acids is 1. The van der Waals surface area contributed by atoms with Crippen molar-refractivity contribution in [2.45, 2.75) is 6.92 Å². The molecule has 1 saturated heterocycles. The number of hydrogen-bond donors (Lipinski definition) is 2. The van der Waals surface area contributed by atoms with E-state index in [9.17, 15) is 4.79 Å². The number of urea groups is 1. The van der Waals surface area contributed by atoms with Gasteiger partial charge in [-0.25, -0.2) is 14.5 Å². The molecule has 10 nitrogen and oxygen atoms in total. The largest absolute Gasteiger partial charge is 0.368 e. The molecule has 27 heavy (non-hydrogen) atoms. The molecule has 0 radical (unpaired) electrons. The van der Waals surface area contributed by atoms with Gasteiger partial charge < -0.3 is 20.9 Å². The summed E-state index contributed by atoms with van der Waals surface area (Å²) in [6.45, 7) is 4.46. The standard InChI is InChI=1S/C17H21N9O/c1-11-9-15(21-16(18)19-11)25-5-7-26(8-6-25)17(27)20-12-3-4-14-13(10-12)22-23-24(14)2/h3-4,9-10H,5-8H2,1-2H3,(H,20,27)(H2,18,19,21). The number of nitrogens with one attached hydrogen (secondary N) is 1. The lowest BCUT2D eigenvalue weighted by Gasteiger charge is -2.35. The van der Waals surface area contributed by atoms with Crippen molar-refractivity contribution in [2.24, 2.45) is 7.05 Å². The quantitative estimate of drug-likeness (QED) is 0.694. The summed E-state index contributed by atoms with van der Waals surface area (Å²) in [5, 5.41) is 11.0. The molecule has 2 aromatic heterocycles. The zero-order chi connectivity index (χ0) is 19.0. The number of nitrogens with two attached hydrogens (primary N) is 1. The number of nitrogen functional groups attached to an aromatic ring is 1. The van der Waals surface area contributed by atoms with E-state index in [0.717, 1.165) is 22.5 Å². The van der Waals surface area contributed by atoms with Crippen LogP contribution in [0.5, 0.6) is 0 Å². The van der Waals surface area contributed by atoms with Crippen LogP contribution in [0.4, 0.5) is 22.2 Å². The summed E-state index contributed by atoms with van der Waals surface area (Å²) < 4.78 is 1.70. The Kier molecular flexibility index (Phi) is 4.22. The first-order valence-electron chi connectivity index (χ1n) is 8.71. The number of aromatic nitrogens is 5. The zero-order valence-corrected chi connectivity index (χ0v) is 15.3. The van der Waals surface area contributed by atoms with Gasteiger partial charge in [0.05, 0.1) is 5.52 Å². The van der Waals surface area contributed by atoms with Crippen molar-refractivity contribution in [3.8, 4) is 0 Å². The second-order valence-electron chi connectivity index (χ2n) is 6.55. The number of fused-ring (bicyclic) bond motifs is 1. The molecule has 3 heterocycles. The van der Waals surface area contributed by atoms with Gasteiger partial charge in [0.2, 0.25) is 5.95 Å². The molecule has 140 valence electrons. The Morgan fingerprint density at radius 1 is 1.15 bits per heavy atom. The van der Waals surface area contributed by atoms with E-state index in [1.165, 1.54) is 0 Å². The second kappa shape index (κ2) is 6.71. The molecule has 0 unspecified atom stereocenters. The highest BCUT2D eigenvalue weighted by Gasteiger charge is 2.22. The number of aryl methyl sites for hydroxylation is 2. The highest BCUT2D eigenvalue weighted by atomic mass is 16.2. The number of benzene rings is 1. The lowest BCUT2D eigenvalue weighted by molar-refractivity contribution is 0.208. The lowest BCUT2D eigenvalue weighted by atomic mass is 10.2. The topological polar surface area (TPSA) is 118 Å². The molecule has 2 amide bonds. The Balaban J connectivity index is 1.39. The SMILES string of the molecule is Cc1cc(N2CCN(C(=O)Nc3ccc4c(c3)nnn4C)CC2)nc(N)n1. The Bertz CT molecular complexity index is 971. The van der Waals surface area contributed by atoms with Crippen molar-refractivity contribution in [1.29, 1.82) is 0 Å². The van der Waals surface area contributed by atoms with Crippen LogP contribution in [0.2, 0.25) is 0 Å². The van der Waals surface area contributed by atoms with Crippen molar-refractivity contribution in [2.75, 3.05) is 42.1 Å². The number of hydrogen-bond acceptors (Lipinski definition) is 7. The summed E-state index contributed by atoms with van der Waals surface area (Å²) in [7, 11) is 1.83. The van der Waals surface area contributed by atoms with Crippen LogP contribution >= 0.6 is 0 Å². The molecule has 0 atom stereocenters. The molecular weight excluding hydrogens is 346 g/mol. The maximum atomic E-state index is 12.6. The van der Waals surface area contributed by atoms with Crippen molar-refractivity contribution < 1.29 is 4.79 Å². The highest BCUT2D eigenvalue weighted by molar-refractivity contribution is 5.92. The summed E-state index contributed by atoms with van der Waals surface area (Å²) in [5.74, 6) is 1.07. The van der Waals surface area contributed by atoms with Gasteiger partial charge in [0.15, 0.2) is 0 Å². The maximum absolute atomic E-state index is 12.6. The molecule has 0 aliphatic carbocycles. The summed E-state index contributed by atoms with van der Waals surface area (Å²) in [5.41, 5.74) is 8.93. The first-order valence-corrected chi connectivity index (χ1v) is 8.71. The smallest absolute Gasteiger partial charge is 0.321 e. The van der Waals surface area contributed by atoms with Crippen molar-refractivity contribution in [3.63, 3.8) is 0 Å². The molecule has 10 heteroatoms. The Morgan fingerprint density at radius 2 is 1.93 bits per heavy atom. The minimum atomic E-state index is -0.128. The molecule has 1 fully saturated rings. The van der Waals surface area contributed by atoms with Crippen LogP contribution in [0.25, 0.3) is 11.0 Å². The van der Waals surface area contributed by atoms with Gasteiger partial charge in [0.25, 0.3) is 0 Å². The molecule has 3 N–H and O–H groups in total. The van der Waals surface area contributed by atoms with Gasteiger partial charge in [0.1, 0.15) is 11.3 Å². The first-order chi connectivity index (χ1) is 13.0. The molecule has 1 aliphatic rings. The van der Waals surface area contributed by atoms with Gasteiger partial charge in [-0.15, -0.1) is 5.10 Å². The number of carbonyl (C=O) groups is 1. The van der Waals surface area contributed by atoms with E-state index in [1.54, 1.807) is 9.58 Å². The van der Waals surface area contributed by atoms with Crippen LogP contribution in [-0.4, -0.2) is 62.1 Å². The summed E-state index contributed by atoms with van der Waals surface area (Å²) >= 11 is 0. The third kappa shape index (κ3) is 3.46. The number of amides is 2. The van der Waals surface area contributed by atoms with Crippen LogP contribution in [-0.2, 0) is 7.05 Å². The van der Waals surface area contributed by atoms with Gasteiger partial charge in [-0.3, -0.25) is 0 Å². The monoisotopic (exact) mass is 367 g/mol. The van der Waals surface area contributed by atoms with E-state index in [0.29, 0.717) is 31.9 Å². The van der Waals surface area contributed by atoms with Crippen LogP contribution in [0.15, 0.2) is 24.3 Å². The van der Waals surface area contributed by atoms with E-state index in [1.807, 2.05) is 38.2 Å². The van der Waals surface area contributed by atoms with E-state index in [2.05, 4.69) is 30.5 Å². The third-order valence-corrected chi connectivity index (χ3v) is 4.61. The Morgan fingerprint density at radius 3 is 2.67 bits per heavy atom. The second-order valence-corrected chi connectivity index (χ2v) is 6.55. The van der Waals surface area contributed by atoms with Crippen LogP contribution in [0.3, 0.4) is 0 Å². The average Bonchev–Trinajstić information content (AvgIpc) is 3.01. The molecular formula is C17H21N9O. The van der Waals surface area contributed by atoms with Gasteiger partial charge in [0, 0.05) is 50.7 Å². The lowest BCUT2D eigenvalue weighted by Crippen LogP contribution is -2.50. The maximum Gasteiger partial charge on any atom is 0.321 e. The minimum Gasteiger partial charge on any atom is -0.368 e. The molecule has 0 spiro atoms. The van der Waals surface area contributed by atoms with Gasteiger partial charge in [-0.05, 0) is 25.1 Å². The van der Waals surface area contributed by atoms with Crippen LogP contribution in [0.1, 0.15) is 5.69 Å². The molecule has 0 saturated carbocycles. The number of nitrogens with zero attached hydrogens (tertiary/aromatic N) is 7. The van der Waals surface area contributed by atoms with Gasteiger partial charge in [-0.1, -0.05) is 5.21 Å². The van der Waals surface area contributed by atoms with E-state index in [4.69, 9.17) is 5.73 Å². The molecule has 1 aromatic carbocycles. The highest BCUT2D eigenvalue weighted by Crippen LogP contribution is 2.19. The summed E-state index contributed by atoms with van der Waals surface area (Å²) in [4.78, 5) is 24.8. The molecule has 0 bridgehead atoms. The fourth-order valence-electron chi connectivity index (χ4n) is 3.20. The molecule has 3 aromatic rings. The Hall–Kier alpha value is -3.43. The predicted molar refractivity (Wildman–Crippen MR) is 102 cm³/mol. The summed E-state index contributed by atoms with van der Waals surface area (Å²) in [6, 6.07) is 7.35. The van der Waals surface area contributed by atoms with E-state index in [-0.39, 0.29) is 12.0 Å². The van der Waals surface area contributed by atoms with Crippen molar-refractivity contribution in [1.82, 2.24) is 29.9 Å². The average molecular weight is 367 g/mol. The number of anilines is 3. The first kappa shape index (κ1) is 17.0. The van der Waals surface area contributed by atoms with Gasteiger partial charge >= 0.3 is 6.03 Å².